The predicted molar refractivity (Wildman–Crippen MR) is 94.7 cm³/mol. The van der Waals surface area contributed by atoms with Crippen LogP contribution in [-0.4, -0.2) is 29.0 Å². The van der Waals surface area contributed by atoms with E-state index in [1.165, 1.54) is 40.7 Å². The number of hydroxylamine groups is 1. The van der Waals surface area contributed by atoms with Crippen LogP contribution in [0.2, 0.25) is 0 Å². The van der Waals surface area contributed by atoms with Crippen LogP contribution in [0.15, 0.2) is 42.5 Å². The number of rotatable bonds is 4. The molecule has 2 N–H and O–H groups in total. The van der Waals surface area contributed by atoms with Crippen LogP contribution in [0.1, 0.15) is 29.8 Å². The van der Waals surface area contributed by atoms with Gasteiger partial charge in [-0.15, -0.1) is 13.2 Å². The largest absolute Gasteiger partial charge is 0.573 e. The molecule has 0 saturated heterocycles. The zero-order valence-electron chi connectivity index (χ0n) is 15.4. The summed E-state index contributed by atoms with van der Waals surface area (Å²) in [6.45, 7) is 3.03. The maximum absolute atomic E-state index is 12.9. The number of hydrogen-bond acceptors (Lipinski definition) is 5. The first-order valence-corrected chi connectivity index (χ1v) is 8.44. The summed E-state index contributed by atoms with van der Waals surface area (Å²) in [5, 5.41) is 8.83. The van der Waals surface area contributed by atoms with Crippen LogP contribution in [0.5, 0.6) is 11.5 Å². The topological polar surface area (TPSA) is 88.1 Å². The Kier molecular flexibility index (Phi) is 5.14. The second kappa shape index (κ2) is 7.28. The molecule has 2 aromatic rings. The summed E-state index contributed by atoms with van der Waals surface area (Å²) in [5.41, 5.74) is 0.969. The van der Waals surface area contributed by atoms with E-state index in [2.05, 4.69) is 4.74 Å². The molecular formula is C19H17F3N2O5. The van der Waals surface area contributed by atoms with Gasteiger partial charge in [-0.3, -0.25) is 14.8 Å². The zero-order chi connectivity index (χ0) is 21.4. The fourth-order valence-electron chi connectivity index (χ4n) is 2.95. The molecule has 2 aromatic carbocycles. The second-order valence-corrected chi connectivity index (χ2v) is 6.82. The molecule has 1 heterocycles. The molecule has 1 aliphatic heterocycles. The fourth-order valence-corrected chi connectivity index (χ4v) is 2.95. The van der Waals surface area contributed by atoms with E-state index in [0.717, 1.165) is 6.07 Å². The number of carbonyl (C=O) groups excluding carboxylic acids is 2. The summed E-state index contributed by atoms with van der Waals surface area (Å²) in [6, 6.07) is 9.49. The summed E-state index contributed by atoms with van der Waals surface area (Å²) in [6.07, 6.45) is -4.84. The minimum atomic E-state index is -4.84. The molecule has 0 aromatic heterocycles. The Morgan fingerprint density at radius 2 is 1.97 bits per heavy atom. The third kappa shape index (κ3) is 4.43. The van der Waals surface area contributed by atoms with Gasteiger partial charge in [0.25, 0.3) is 11.8 Å². The van der Waals surface area contributed by atoms with Crippen molar-refractivity contribution < 1.29 is 37.4 Å². The quantitative estimate of drug-likeness (QED) is 0.596. The van der Waals surface area contributed by atoms with Gasteiger partial charge >= 0.3 is 6.36 Å². The Morgan fingerprint density at radius 1 is 1.24 bits per heavy atom. The molecule has 0 bridgehead atoms. The van der Waals surface area contributed by atoms with Crippen LogP contribution in [0.25, 0.3) is 0 Å². The first-order valence-electron chi connectivity index (χ1n) is 8.44. The van der Waals surface area contributed by atoms with Crippen molar-refractivity contribution in [3.63, 3.8) is 0 Å². The van der Waals surface area contributed by atoms with E-state index in [0.29, 0.717) is 11.3 Å². The molecule has 0 atom stereocenters. The Labute approximate surface area is 163 Å². The Bertz CT molecular complexity index is 959. The van der Waals surface area contributed by atoms with E-state index in [1.807, 2.05) is 0 Å². The fraction of sp³-hybridized carbons (Fsp3) is 0.263. The Morgan fingerprint density at radius 3 is 2.62 bits per heavy atom. The Balaban J connectivity index is 1.99. The van der Waals surface area contributed by atoms with Crippen molar-refractivity contribution in [2.75, 3.05) is 4.90 Å². The number of anilines is 1. The molecule has 7 nitrogen and oxygen atoms in total. The highest BCUT2D eigenvalue weighted by atomic mass is 19.4. The van der Waals surface area contributed by atoms with E-state index < -0.39 is 29.5 Å². The van der Waals surface area contributed by atoms with Crippen molar-refractivity contribution in [2.24, 2.45) is 0 Å². The summed E-state index contributed by atoms with van der Waals surface area (Å²) in [5.74, 6) is -1.34. The SMILES string of the molecule is CC1(C)Oc2ccc(C(=O)NO)cc2N(Cc2cccc(OC(F)(F)F)c2)C1=O. The molecular weight excluding hydrogens is 393 g/mol. The molecule has 29 heavy (non-hydrogen) atoms. The lowest BCUT2D eigenvalue weighted by atomic mass is 10.0. The number of fused-ring (bicyclic) bond motifs is 1. The van der Waals surface area contributed by atoms with E-state index in [4.69, 9.17) is 9.94 Å². The van der Waals surface area contributed by atoms with Crippen LogP contribution in [0.4, 0.5) is 18.9 Å². The smallest absolute Gasteiger partial charge is 0.476 e. The van der Waals surface area contributed by atoms with Gasteiger partial charge in [0.1, 0.15) is 11.5 Å². The van der Waals surface area contributed by atoms with Gasteiger partial charge in [0.05, 0.1) is 12.2 Å². The minimum absolute atomic E-state index is 0.0708. The molecule has 0 radical (unpaired) electrons. The highest BCUT2D eigenvalue weighted by molar-refractivity contribution is 6.04. The van der Waals surface area contributed by atoms with Crippen LogP contribution >= 0.6 is 0 Å². The van der Waals surface area contributed by atoms with Crippen molar-refractivity contribution in [2.45, 2.75) is 32.4 Å². The lowest BCUT2D eigenvalue weighted by Crippen LogP contribution is -2.52. The average molecular weight is 410 g/mol. The van der Waals surface area contributed by atoms with Gasteiger partial charge < -0.3 is 14.4 Å². The van der Waals surface area contributed by atoms with E-state index in [1.54, 1.807) is 19.9 Å². The normalized spacial score (nSPS) is 15.4. The number of nitrogens with zero attached hydrogens (tertiary/aromatic N) is 1. The molecule has 154 valence electrons. The second-order valence-electron chi connectivity index (χ2n) is 6.82. The van der Waals surface area contributed by atoms with Gasteiger partial charge in [-0.1, -0.05) is 12.1 Å². The van der Waals surface area contributed by atoms with Crippen LogP contribution in [0.3, 0.4) is 0 Å². The maximum Gasteiger partial charge on any atom is 0.573 e. The van der Waals surface area contributed by atoms with Crippen LogP contribution in [-0.2, 0) is 11.3 Å². The number of ether oxygens (including phenoxy) is 2. The number of amides is 2. The van der Waals surface area contributed by atoms with Crippen LogP contribution < -0.4 is 19.9 Å². The molecule has 1 aliphatic rings. The first kappa shape index (κ1) is 20.5. The standard InChI is InChI=1S/C19H17F3N2O5/c1-18(2)17(26)24(10-11-4-3-5-13(8-11)28-19(20,21)22)14-9-12(16(25)23-27)6-7-15(14)29-18/h3-9,27H,10H2,1-2H3,(H,23,25). The number of hydrogen-bond donors (Lipinski definition) is 2. The molecule has 3 rings (SSSR count). The minimum Gasteiger partial charge on any atom is -0.476 e. The van der Waals surface area contributed by atoms with E-state index in [-0.39, 0.29) is 17.8 Å². The van der Waals surface area contributed by atoms with Gasteiger partial charge in [-0.05, 0) is 49.7 Å². The summed E-state index contributed by atoms with van der Waals surface area (Å²) >= 11 is 0. The summed E-state index contributed by atoms with van der Waals surface area (Å²) in [4.78, 5) is 25.9. The lowest BCUT2D eigenvalue weighted by Gasteiger charge is -2.39. The van der Waals surface area contributed by atoms with Crippen molar-refractivity contribution in [1.29, 1.82) is 0 Å². The zero-order valence-corrected chi connectivity index (χ0v) is 15.4. The number of nitrogens with one attached hydrogen (secondary N) is 1. The molecule has 0 aliphatic carbocycles. The molecule has 2 amide bonds. The molecule has 0 unspecified atom stereocenters. The molecule has 0 saturated carbocycles. The molecule has 0 spiro atoms. The summed E-state index contributed by atoms with van der Waals surface area (Å²) < 4.78 is 47.1. The summed E-state index contributed by atoms with van der Waals surface area (Å²) in [7, 11) is 0. The lowest BCUT2D eigenvalue weighted by molar-refractivity contribution is -0.274. The van der Waals surface area contributed by atoms with Crippen molar-refractivity contribution in [3.05, 3.63) is 53.6 Å². The third-order valence-electron chi connectivity index (χ3n) is 4.21. The van der Waals surface area contributed by atoms with E-state index >= 15 is 0 Å². The van der Waals surface area contributed by atoms with E-state index in [9.17, 15) is 22.8 Å². The third-order valence-corrected chi connectivity index (χ3v) is 4.21. The first-order chi connectivity index (χ1) is 13.5. The number of halogens is 3. The van der Waals surface area contributed by atoms with Crippen molar-refractivity contribution >= 4 is 17.5 Å². The predicted octanol–water partition coefficient (Wildman–Crippen LogP) is 3.41. The Hall–Kier alpha value is -3.27. The van der Waals surface area contributed by atoms with Gasteiger partial charge in [-0.2, -0.15) is 0 Å². The molecule has 10 heteroatoms. The monoisotopic (exact) mass is 410 g/mol. The maximum atomic E-state index is 12.9. The number of alkyl halides is 3. The van der Waals surface area contributed by atoms with Gasteiger partial charge in [0.2, 0.25) is 0 Å². The highest BCUT2D eigenvalue weighted by Gasteiger charge is 2.41. The van der Waals surface area contributed by atoms with Gasteiger partial charge in [0.15, 0.2) is 5.60 Å². The molecule has 0 fully saturated rings. The van der Waals surface area contributed by atoms with Gasteiger partial charge in [0, 0.05) is 5.56 Å². The average Bonchev–Trinajstić information content (AvgIpc) is 2.63. The van der Waals surface area contributed by atoms with Crippen LogP contribution in [0, 0.1) is 0 Å². The number of benzene rings is 2. The van der Waals surface area contributed by atoms with Crippen molar-refractivity contribution in [1.82, 2.24) is 5.48 Å². The number of carbonyl (C=O) groups is 2. The van der Waals surface area contributed by atoms with Gasteiger partial charge in [-0.25, -0.2) is 5.48 Å². The highest BCUT2D eigenvalue weighted by Crippen LogP contribution is 2.39. The van der Waals surface area contributed by atoms with Crippen molar-refractivity contribution in [3.8, 4) is 11.5 Å².